The summed E-state index contributed by atoms with van der Waals surface area (Å²) in [5, 5.41) is 14.8. The van der Waals surface area contributed by atoms with Gasteiger partial charge < -0.3 is 5.32 Å². The van der Waals surface area contributed by atoms with E-state index < -0.39 is 0 Å². The summed E-state index contributed by atoms with van der Waals surface area (Å²) in [6, 6.07) is 8.03. The van der Waals surface area contributed by atoms with Crippen molar-refractivity contribution in [3.05, 3.63) is 29.8 Å². The Hall–Kier alpha value is -1.51. The zero-order chi connectivity index (χ0) is 12.5. The summed E-state index contributed by atoms with van der Waals surface area (Å²) in [6.45, 7) is 0.967. The van der Waals surface area contributed by atoms with Crippen LogP contribution < -0.4 is 10.6 Å². The van der Waals surface area contributed by atoms with Crippen molar-refractivity contribution < 1.29 is 0 Å². The van der Waals surface area contributed by atoms with Crippen LogP contribution in [0.4, 0.5) is 5.69 Å². The largest absolute Gasteiger partial charge is 0.319 e. The molecule has 0 saturated carbocycles. The van der Waals surface area contributed by atoms with Crippen molar-refractivity contribution in [2.24, 2.45) is 4.99 Å². The molecule has 17 heavy (non-hydrogen) atoms. The molecule has 90 valence electrons. The SMILES string of the molecule is CNCCc1ccc(N=C(NC#N)SC)cc1. The van der Waals surface area contributed by atoms with Gasteiger partial charge in [-0.05, 0) is 44.0 Å². The number of hydrogen-bond donors (Lipinski definition) is 2. The molecule has 0 heterocycles. The molecular weight excluding hydrogens is 232 g/mol. The predicted molar refractivity (Wildman–Crippen MR) is 73.4 cm³/mol. The number of benzene rings is 1. The summed E-state index contributed by atoms with van der Waals surface area (Å²) in [5.41, 5.74) is 2.13. The molecule has 0 saturated heterocycles. The van der Waals surface area contributed by atoms with Crippen LogP contribution in [0, 0.1) is 11.5 Å². The quantitative estimate of drug-likeness (QED) is 0.369. The van der Waals surface area contributed by atoms with Gasteiger partial charge >= 0.3 is 0 Å². The molecule has 0 amide bonds. The van der Waals surface area contributed by atoms with Crippen molar-refractivity contribution in [2.75, 3.05) is 19.8 Å². The average molecular weight is 248 g/mol. The van der Waals surface area contributed by atoms with E-state index in [4.69, 9.17) is 5.26 Å². The lowest BCUT2D eigenvalue weighted by Gasteiger charge is -2.02. The van der Waals surface area contributed by atoms with Crippen LogP contribution in [0.2, 0.25) is 0 Å². The van der Waals surface area contributed by atoms with E-state index in [-0.39, 0.29) is 0 Å². The molecule has 0 radical (unpaired) electrons. The van der Waals surface area contributed by atoms with Crippen LogP contribution in [0.25, 0.3) is 0 Å². The highest BCUT2D eigenvalue weighted by molar-refractivity contribution is 8.13. The average Bonchev–Trinajstić information content (AvgIpc) is 2.37. The summed E-state index contributed by atoms with van der Waals surface area (Å²) in [5.74, 6) is 0. The lowest BCUT2D eigenvalue weighted by Crippen LogP contribution is -2.12. The van der Waals surface area contributed by atoms with Crippen LogP contribution >= 0.6 is 11.8 Å². The highest BCUT2D eigenvalue weighted by Gasteiger charge is 1.97. The van der Waals surface area contributed by atoms with Crippen molar-refractivity contribution in [2.45, 2.75) is 6.42 Å². The van der Waals surface area contributed by atoms with E-state index in [1.165, 1.54) is 17.3 Å². The summed E-state index contributed by atoms with van der Waals surface area (Å²) in [7, 11) is 1.94. The Labute approximate surface area is 106 Å². The zero-order valence-electron chi connectivity index (χ0n) is 10.0. The standard InChI is InChI=1S/C12H16N4S/c1-14-8-7-10-3-5-11(6-4-10)16-12(17-2)15-9-13/h3-6,14H,7-8H2,1-2H3,(H,15,16). The van der Waals surface area contributed by atoms with Crippen molar-refractivity contribution in [1.82, 2.24) is 10.6 Å². The predicted octanol–water partition coefficient (Wildman–Crippen LogP) is 1.87. The zero-order valence-corrected chi connectivity index (χ0v) is 10.8. The van der Waals surface area contributed by atoms with Gasteiger partial charge in [0.15, 0.2) is 11.4 Å². The van der Waals surface area contributed by atoms with Crippen molar-refractivity contribution in [3.63, 3.8) is 0 Å². The monoisotopic (exact) mass is 248 g/mol. The second-order valence-corrected chi connectivity index (χ2v) is 4.17. The normalized spacial score (nSPS) is 11.0. The fourth-order valence-electron chi connectivity index (χ4n) is 1.30. The Morgan fingerprint density at radius 2 is 2.12 bits per heavy atom. The minimum Gasteiger partial charge on any atom is -0.319 e. The van der Waals surface area contributed by atoms with Crippen molar-refractivity contribution in [1.29, 1.82) is 5.26 Å². The van der Waals surface area contributed by atoms with Crippen LogP contribution in [0.1, 0.15) is 5.56 Å². The Morgan fingerprint density at radius 1 is 1.41 bits per heavy atom. The van der Waals surface area contributed by atoms with Crippen LogP contribution in [-0.2, 0) is 6.42 Å². The molecule has 1 aromatic rings. The van der Waals surface area contributed by atoms with E-state index in [1.54, 1.807) is 0 Å². The fourth-order valence-corrected chi connectivity index (χ4v) is 1.64. The lowest BCUT2D eigenvalue weighted by molar-refractivity contribution is 0.792. The molecule has 0 aliphatic carbocycles. The summed E-state index contributed by atoms with van der Waals surface area (Å²) >= 11 is 1.41. The minimum atomic E-state index is 0.607. The summed E-state index contributed by atoms with van der Waals surface area (Å²) in [6.07, 6.45) is 4.75. The maximum atomic E-state index is 8.52. The van der Waals surface area contributed by atoms with Gasteiger partial charge in [0.1, 0.15) is 0 Å². The summed E-state index contributed by atoms with van der Waals surface area (Å²) in [4.78, 5) is 4.32. The van der Waals surface area contributed by atoms with Crippen molar-refractivity contribution >= 4 is 22.6 Å². The van der Waals surface area contributed by atoms with Crippen molar-refractivity contribution in [3.8, 4) is 6.19 Å². The van der Waals surface area contributed by atoms with Gasteiger partial charge in [0.05, 0.1) is 5.69 Å². The fraction of sp³-hybridized carbons (Fsp3) is 0.333. The minimum absolute atomic E-state index is 0.607. The van der Waals surface area contributed by atoms with Gasteiger partial charge in [0, 0.05) is 0 Å². The lowest BCUT2D eigenvalue weighted by atomic mass is 10.1. The summed E-state index contributed by atoms with van der Waals surface area (Å²) < 4.78 is 0. The van der Waals surface area contributed by atoms with Gasteiger partial charge in [-0.2, -0.15) is 5.26 Å². The maximum Gasteiger partial charge on any atom is 0.183 e. The Bertz CT molecular complexity index is 406. The van der Waals surface area contributed by atoms with Gasteiger partial charge in [0.2, 0.25) is 0 Å². The molecule has 1 rings (SSSR count). The second-order valence-electron chi connectivity index (χ2n) is 3.38. The number of nitrogens with zero attached hydrogens (tertiary/aromatic N) is 2. The first-order chi connectivity index (χ1) is 8.30. The maximum absolute atomic E-state index is 8.52. The third-order valence-corrected chi connectivity index (χ3v) is 2.77. The molecule has 1 aromatic carbocycles. The molecule has 4 nitrogen and oxygen atoms in total. The third-order valence-electron chi connectivity index (χ3n) is 2.19. The first kappa shape index (κ1) is 13.6. The molecule has 2 N–H and O–H groups in total. The molecule has 0 aliphatic heterocycles. The van der Waals surface area contributed by atoms with Crippen LogP contribution in [-0.4, -0.2) is 25.0 Å². The third kappa shape index (κ3) is 4.89. The van der Waals surface area contributed by atoms with E-state index in [1.807, 2.05) is 31.6 Å². The first-order valence-corrected chi connectivity index (χ1v) is 6.54. The topological polar surface area (TPSA) is 60.2 Å². The molecule has 5 heteroatoms. The van der Waals surface area contributed by atoms with E-state index in [2.05, 4.69) is 27.8 Å². The Balaban J connectivity index is 2.70. The number of nitriles is 1. The number of thioether (sulfide) groups is 1. The molecule has 0 fully saturated rings. The van der Waals surface area contributed by atoms with Gasteiger partial charge in [-0.3, -0.25) is 5.32 Å². The highest BCUT2D eigenvalue weighted by Crippen LogP contribution is 2.15. The van der Waals surface area contributed by atoms with Crippen LogP contribution in [0.15, 0.2) is 29.3 Å². The van der Waals surface area contributed by atoms with E-state index in [0.717, 1.165) is 18.7 Å². The highest BCUT2D eigenvalue weighted by atomic mass is 32.2. The Kier molecular flexibility index (Phi) is 6.15. The molecular formula is C12H16N4S. The van der Waals surface area contributed by atoms with Gasteiger partial charge in [-0.15, -0.1) is 0 Å². The molecule has 0 bridgehead atoms. The number of nitrogens with one attached hydrogen (secondary N) is 2. The Morgan fingerprint density at radius 3 is 2.65 bits per heavy atom. The van der Waals surface area contributed by atoms with Gasteiger partial charge in [-0.1, -0.05) is 23.9 Å². The second kappa shape index (κ2) is 7.71. The van der Waals surface area contributed by atoms with Crippen LogP contribution in [0.3, 0.4) is 0 Å². The smallest absolute Gasteiger partial charge is 0.183 e. The first-order valence-electron chi connectivity index (χ1n) is 5.31. The molecule has 0 unspecified atom stereocenters. The van der Waals surface area contributed by atoms with E-state index in [9.17, 15) is 0 Å². The van der Waals surface area contributed by atoms with E-state index in [0.29, 0.717) is 5.17 Å². The number of likely N-dealkylation sites (N-methyl/N-ethyl adjacent to an activating group) is 1. The van der Waals surface area contributed by atoms with Crippen LogP contribution in [0.5, 0.6) is 0 Å². The number of amidine groups is 1. The van der Waals surface area contributed by atoms with E-state index >= 15 is 0 Å². The number of rotatable bonds is 4. The van der Waals surface area contributed by atoms with Gasteiger partial charge in [-0.25, -0.2) is 4.99 Å². The molecule has 0 atom stereocenters. The molecule has 0 aromatic heterocycles. The molecule has 0 aliphatic rings. The van der Waals surface area contributed by atoms with Gasteiger partial charge in [0.25, 0.3) is 0 Å². The molecule has 0 spiro atoms. The number of aliphatic imine (C=N–C) groups is 1. The number of hydrogen-bond acceptors (Lipinski definition) is 4.